The summed E-state index contributed by atoms with van der Waals surface area (Å²) < 4.78 is 10.4. The molecule has 0 saturated carbocycles. The van der Waals surface area contributed by atoms with Gasteiger partial charge in [0.1, 0.15) is 11.5 Å². The predicted molar refractivity (Wildman–Crippen MR) is 91.4 cm³/mol. The maximum absolute atomic E-state index is 12.0. The number of benzene rings is 2. The van der Waals surface area contributed by atoms with Gasteiger partial charge in [-0.05, 0) is 47.9 Å². The molecule has 0 bridgehead atoms. The van der Waals surface area contributed by atoms with Crippen molar-refractivity contribution in [2.24, 2.45) is 0 Å². The van der Waals surface area contributed by atoms with Crippen molar-refractivity contribution >= 4 is 17.5 Å². The van der Waals surface area contributed by atoms with Crippen LogP contribution in [0.15, 0.2) is 42.5 Å². The summed E-state index contributed by atoms with van der Waals surface area (Å²) in [6.07, 6.45) is 0.984. The third kappa shape index (κ3) is 5.18. The summed E-state index contributed by atoms with van der Waals surface area (Å²) in [6, 6.07) is 13.0. The Morgan fingerprint density at radius 1 is 1.13 bits per heavy atom. The van der Waals surface area contributed by atoms with Gasteiger partial charge in [0.15, 0.2) is 0 Å². The number of halogens is 1. The van der Waals surface area contributed by atoms with Crippen molar-refractivity contribution in [3.8, 4) is 11.5 Å². The Balaban J connectivity index is 1.86. The molecule has 0 fully saturated rings. The maximum Gasteiger partial charge on any atom is 0.224 e. The first-order valence-corrected chi connectivity index (χ1v) is 7.72. The van der Waals surface area contributed by atoms with Gasteiger partial charge < -0.3 is 14.8 Å². The van der Waals surface area contributed by atoms with Crippen molar-refractivity contribution in [3.63, 3.8) is 0 Å². The fraction of sp³-hybridized carbons (Fsp3) is 0.278. The molecule has 4 nitrogen and oxygen atoms in total. The quantitative estimate of drug-likeness (QED) is 0.846. The van der Waals surface area contributed by atoms with Crippen molar-refractivity contribution < 1.29 is 14.3 Å². The normalized spacial score (nSPS) is 10.2. The molecule has 0 radical (unpaired) electrons. The van der Waals surface area contributed by atoms with Gasteiger partial charge in [-0.3, -0.25) is 4.79 Å². The molecule has 2 aromatic carbocycles. The molecule has 0 spiro atoms. The average molecular weight is 334 g/mol. The van der Waals surface area contributed by atoms with Gasteiger partial charge in [-0.25, -0.2) is 0 Å². The number of carbonyl (C=O) groups is 1. The summed E-state index contributed by atoms with van der Waals surface area (Å²) in [5, 5.41) is 3.57. The molecule has 0 aliphatic rings. The topological polar surface area (TPSA) is 47.6 Å². The number of hydrogen-bond donors (Lipinski definition) is 1. The fourth-order valence-corrected chi connectivity index (χ4v) is 2.50. The molecule has 122 valence electrons. The minimum atomic E-state index is -0.0285. The second kappa shape index (κ2) is 8.44. The van der Waals surface area contributed by atoms with E-state index >= 15 is 0 Å². The number of amides is 1. The Kier molecular flexibility index (Phi) is 6.29. The second-order valence-electron chi connectivity index (χ2n) is 5.08. The van der Waals surface area contributed by atoms with Crippen LogP contribution in [0.4, 0.5) is 0 Å². The van der Waals surface area contributed by atoms with E-state index in [1.807, 2.05) is 36.4 Å². The second-order valence-corrected chi connectivity index (χ2v) is 5.52. The lowest BCUT2D eigenvalue weighted by atomic mass is 10.1. The number of rotatable bonds is 7. The van der Waals surface area contributed by atoms with Crippen LogP contribution in [-0.2, 0) is 17.6 Å². The van der Waals surface area contributed by atoms with Crippen LogP contribution < -0.4 is 14.8 Å². The van der Waals surface area contributed by atoms with Gasteiger partial charge in [0.05, 0.1) is 20.6 Å². The van der Waals surface area contributed by atoms with Gasteiger partial charge in [-0.2, -0.15) is 0 Å². The standard InChI is InChI=1S/C18H20ClNO3/c1-22-16-5-3-4-13(10-16)11-18(21)20-9-8-14-12-15(19)6-7-17(14)23-2/h3-7,10,12H,8-9,11H2,1-2H3,(H,20,21). The van der Waals surface area contributed by atoms with Crippen molar-refractivity contribution in [2.45, 2.75) is 12.8 Å². The molecular formula is C18H20ClNO3. The fourth-order valence-electron chi connectivity index (χ4n) is 2.31. The maximum atomic E-state index is 12.0. The first kappa shape index (κ1) is 17.2. The molecule has 0 saturated heterocycles. The molecule has 0 aliphatic carbocycles. The van der Waals surface area contributed by atoms with E-state index < -0.39 is 0 Å². The molecule has 0 unspecified atom stereocenters. The van der Waals surface area contributed by atoms with Crippen molar-refractivity contribution in [3.05, 3.63) is 58.6 Å². The van der Waals surface area contributed by atoms with Crippen molar-refractivity contribution in [1.82, 2.24) is 5.32 Å². The van der Waals surface area contributed by atoms with E-state index in [1.54, 1.807) is 20.3 Å². The van der Waals surface area contributed by atoms with E-state index in [0.717, 1.165) is 22.6 Å². The number of carbonyl (C=O) groups excluding carboxylic acids is 1. The van der Waals surface area contributed by atoms with E-state index in [1.165, 1.54) is 0 Å². The smallest absolute Gasteiger partial charge is 0.224 e. The number of hydrogen-bond acceptors (Lipinski definition) is 3. The zero-order chi connectivity index (χ0) is 16.7. The largest absolute Gasteiger partial charge is 0.497 e. The molecule has 2 rings (SSSR count). The van der Waals surface area contributed by atoms with Crippen molar-refractivity contribution in [1.29, 1.82) is 0 Å². The van der Waals surface area contributed by atoms with Crippen LogP contribution in [0, 0.1) is 0 Å². The highest BCUT2D eigenvalue weighted by Crippen LogP contribution is 2.22. The Bertz CT molecular complexity index is 673. The average Bonchev–Trinajstić information content (AvgIpc) is 2.55. The highest BCUT2D eigenvalue weighted by Gasteiger charge is 2.07. The molecule has 5 heteroatoms. The van der Waals surface area contributed by atoms with E-state index in [4.69, 9.17) is 21.1 Å². The highest BCUT2D eigenvalue weighted by molar-refractivity contribution is 6.30. The summed E-state index contributed by atoms with van der Waals surface area (Å²) >= 11 is 6.00. The summed E-state index contributed by atoms with van der Waals surface area (Å²) in [5.41, 5.74) is 1.89. The Hall–Kier alpha value is -2.20. The van der Waals surface area contributed by atoms with Gasteiger partial charge in [0.2, 0.25) is 5.91 Å². The monoisotopic (exact) mass is 333 g/mol. The molecule has 0 aliphatic heterocycles. The van der Waals surface area contributed by atoms with Gasteiger partial charge in [0, 0.05) is 11.6 Å². The van der Waals surface area contributed by atoms with Gasteiger partial charge >= 0.3 is 0 Å². The summed E-state index contributed by atoms with van der Waals surface area (Å²) in [5.74, 6) is 1.50. The number of nitrogens with one attached hydrogen (secondary N) is 1. The third-order valence-corrected chi connectivity index (χ3v) is 3.69. The van der Waals surface area contributed by atoms with Crippen LogP contribution in [0.25, 0.3) is 0 Å². The minimum Gasteiger partial charge on any atom is -0.497 e. The van der Waals surface area contributed by atoms with E-state index in [9.17, 15) is 4.79 Å². The lowest BCUT2D eigenvalue weighted by molar-refractivity contribution is -0.120. The highest BCUT2D eigenvalue weighted by atomic mass is 35.5. The molecule has 2 aromatic rings. The lowest BCUT2D eigenvalue weighted by Gasteiger charge is -2.10. The van der Waals surface area contributed by atoms with Crippen molar-refractivity contribution in [2.75, 3.05) is 20.8 Å². The Morgan fingerprint density at radius 2 is 1.96 bits per heavy atom. The molecule has 0 aromatic heterocycles. The van der Waals surface area contributed by atoms with E-state index in [-0.39, 0.29) is 5.91 Å². The minimum absolute atomic E-state index is 0.0285. The molecule has 0 heterocycles. The SMILES string of the molecule is COc1cccc(CC(=O)NCCc2cc(Cl)ccc2OC)c1. The summed E-state index contributed by atoms with van der Waals surface area (Å²) in [7, 11) is 3.23. The number of ether oxygens (including phenoxy) is 2. The van der Waals surface area contributed by atoms with Gasteiger partial charge in [0.25, 0.3) is 0 Å². The Morgan fingerprint density at radius 3 is 2.70 bits per heavy atom. The van der Waals surface area contributed by atoms with E-state index in [2.05, 4.69) is 5.32 Å². The summed E-state index contributed by atoms with van der Waals surface area (Å²) in [6.45, 7) is 0.527. The predicted octanol–water partition coefficient (Wildman–Crippen LogP) is 3.26. The molecule has 1 amide bonds. The molecule has 23 heavy (non-hydrogen) atoms. The molecule has 1 N–H and O–H groups in total. The Labute approximate surface area is 141 Å². The third-order valence-electron chi connectivity index (χ3n) is 3.46. The van der Waals surface area contributed by atoms with Crippen LogP contribution in [0.2, 0.25) is 5.02 Å². The lowest BCUT2D eigenvalue weighted by Crippen LogP contribution is -2.27. The zero-order valence-corrected chi connectivity index (χ0v) is 14.0. The number of methoxy groups -OCH3 is 2. The molecular weight excluding hydrogens is 314 g/mol. The van der Waals surface area contributed by atoms with Gasteiger partial charge in [-0.15, -0.1) is 0 Å². The molecule has 0 atom stereocenters. The van der Waals surface area contributed by atoms with Crippen LogP contribution >= 0.6 is 11.6 Å². The first-order valence-electron chi connectivity index (χ1n) is 7.34. The van der Waals surface area contributed by atoms with Crippen LogP contribution in [0.1, 0.15) is 11.1 Å². The van der Waals surface area contributed by atoms with Crippen LogP contribution in [0.3, 0.4) is 0 Å². The zero-order valence-electron chi connectivity index (χ0n) is 13.3. The first-order chi connectivity index (χ1) is 11.1. The van der Waals surface area contributed by atoms with Crippen LogP contribution in [-0.4, -0.2) is 26.7 Å². The van der Waals surface area contributed by atoms with Crippen LogP contribution in [0.5, 0.6) is 11.5 Å². The van der Waals surface area contributed by atoms with E-state index in [0.29, 0.717) is 24.4 Å². The van der Waals surface area contributed by atoms with Gasteiger partial charge in [-0.1, -0.05) is 23.7 Å². The summed E-state index contributed by atoms with van der Waals surface area (Å²) in [4.78, 5) is 12.0.